The Labute approximate surface area is 148 Å². The Bertz CT molecular complexity index is 631. The third-order valence-corrected chi connectivity index (χ3v) is 6.03. The molecule has 0 aromatic heterocycles. The molecule has 1 atom stereocenters. The molecule has 0 radical (unpaired) electrons. The minimum absolute atomic E-state index is 0.208. The Hall–Kier alpha value is 0.380. The van der Waals surface area contributed by atoms with Gasteiger partial charge in [0.2, 0.25) is 0 Å². The van der Waals surface area contributed by atoms with E-state index in [0.717, 1.165) is 28.7 Å². The van der Waals surface area contributed by atoms with Crippen molar-refractivity contribution >= 4 is 66.1 Å². The quantitative estimate of drug-likeness (QED) is 0.501. The summed E-state index contributed by atoms with van der Waals surface area (Å²) in [5.74, 6) is 0. The van der Waals surface area contributed by atoms with Gasteiger partial charge in [-0.05, 0) is 70.5 Å². The molecule has 2 rings (SSSR count). The van der Waals surface area contributed by atoms with Gasteiger partial charge in [-0.1, -0.05) is 49.5 Å². The van der Waals surface area contributed by atoms with E-state index in [2.05, 4.69) is 66.6 Å². The van der Waals surface area contributed by atoms with E-state index in [9.17, 15) is 0 Å². The molecule has 0 fully saturated rings. The zero-order chi connectivity index (χ0) is 14.2. The second kappa shape index (κ2) is 6.43. The second-order valence-corrected chi connectivity index (χ2v) is 7.55. The highest BCUT2D eigenvalue weighted by Crippen LogP contribution is 2.33. The van der Waals surface area contributed by atoms with Gasteiger partial charge in [-0.3, -0.25) is 0 Å². The summed E-state index contributed by atoms with van der Waals surface area (Å²) in [6.07, 6.45) is 0. The van der Waals surface area contributed by atoms with Crippen molar-refractivity contribution < 1.29 is 0 Å². The molecule has 0 aliphatic rings. The van der Waals surface area contributed by atoms with E-state index in [1.54, 1.807) is 0 Å². The van der Waals surface area contributed by atoms with Crippen LogP contribution in [0.4, 0.5) is 0 Å². The maximum atomic E-state index is 6.34. The molecule has 0 saturated carbocycles. The molecule has 19 heavy (non-hydrogen) atoms. The zero-order valence-electron chi connectivity index (χ0n) is 10.1. The van der Waals surface area contributed by atoms with Crippen LogP contribution in [-0.4, -0.2) is 0 Å². The maximum Gasteiger partial charge on any atom is 0.0563 e. The molecule has 5 heteroatoms. The summed E-state index contributed by atoms with van der Waals surface area (Å²) in [4.78, 5) is 0. The lowest BCUT2D eigenvalue weighted by Crippen LogP contribution is -2.13. The average Bonchev–Trinajstić information content (AvgIpc) is 2.36. The first-order chi connectivity index (χ1) is 8.90. The predicted molar refractivity (Wildman–Crippen MR) is 96.8 cm³/mol. The summed E-state index contributed by atoms with van der Waals surface area (Å²) in [5, 5.41) is 0.732. The Morgan fingerprint density at radius 1 is 1.16 bits per heavy atom. The van der Waals surface area contributed by atoms with Gasteiger partial charge in [-0.15, -0.1) is 0 Å². The fraction of sp³-hybridized carbons (Fsp3) is 0.143. The highest BCUT2D eigenvalue weighted by molar-refractivity contribution is 14.1. The summed E-state index contributed by atoms with van der Waals surface area (Å²) in [7, 11) is 0. The maximum absolute atomic E-state index is 6.34. The molecule has 0 bridgehead atoms. The Morgan fingerprint density at radius 3 is 2.47 bits per heavy atom. The summed E-state index contributed by atoms with van der Waals surface area (Å²) in [6, 6.07) is 9.83. The van der Waals surface area contributed by atoms with Gasteiger partial charge < -0.3 is 5.73 Å². The van der Waals surface area contributed by atoms with Crippen LogP contribution in [0.1, 0.15) is 22.7 Å². The molecule has 0 heterocycles. The summed E-state index contributed by atoms with van der Waals surface area (Å²) >= 11 is 15.5. The van der Waals surface area contributed by atoms with Crippen LogP contribution < -0.4 is 5.73 Å². The van der Waals surface area contributed by atoms with Crippen molar-refractivity contribution in [3.63, 3.8) is 0 Å². The van der Waals surface area contributed by atoms with E-state index in [4.69, 9.17) is 17.3 Å². The van der Waals surface area contributed by atoms with Crippen LogP contribution in [0, 0.1) is 10.5 Å². The van der Waals surface area contributed by atoms with Crippen LogP contribution in [0.5, 0.6) is 0 Å². The van der Waals surface area contributed by atoms with E-state index >= 15 is 0 Å². The van der Waals surface area contributed by atoms with E-state index < -0.39 is 0 Å². The third kappa shape index (κ3) is 3.53. The topological polar surface area (TPSA) is 26.0 Å². The van der Waals surface area contributed by atoms with Crippen molar-refractivity contribution in [3.8, 4) is 0 Å². The molecule has 1 nitrogen and oxygen atoms in total. The van der Waals surface area contributed by atoms with Crippen LogP contribution in [-0.2, 0) is 0 Å². The molecule has 2 aromatic rings. The number of rotatable bonds is 2. The first kappa shape index (κ1) is 15.8. The lowest BCUT2D eigenvalue weighted by molar-refractivity contribution is 0.863. The summed E-state index contributed by atoms with van der Waals surface area (Å²) in [6.45, 7) is 2.05. The van der Waals surface area contributed by atoms with Crippen molar-refractivity contribution in [2.75, 3.05) is 0 Å². The van der Waals surface area contributed by atoms with E-state index in [-0.39, 0.29) is 6.04 Å². The van der Waals surface area contributed by atoms with Gasteiger partial charge in [0.15, 0.2) is 0 Å². The van der Waals surface area contributed by atoms with E-state index in [0.29, 0.717) is 0 Å². The predicted octanol–water partition coefficient (Wildman–Crippen LogP) is 5.83. The zero-order valence-corrected chi connectivity index (χ0v) is 16.1. The van der Waals surface area contributed by atoms with Gasteiger partial charge in [0.05, 0.1) is 11.1 Å². The molecule has 0 aliphatic carbocycles. The molecule has 0 amide bonds. The van der Waals surface area contributed by atoms with Crippen LogP contribution in [0.2, 0.25) is 5.02 Å². The fourth-order valence-corrected chi connectivity index (χ4v) is 3.38. The Morgan fingerprint density at radius 2 is 1.84 bits per heavy atom. The smallest absolute Gasteiger partial charge is 0.0563 e. The van der Waals surface area contributed by atoms with Crippen molar-refractivity contribution in [3.05, 3.63) is 64.6 Å². The standard InChI is InChI=1S/C14H11Br2ClIN/c1-7-4-11(16)9(6-10(7)15)14(19)8-2-3-13(18)12(17)5-8/h2-6,14H,19H2,1H3. The van der Waals surface area contributed by atoms with Crippen LogP contribution >= 0.6 is 66.1 Å². The van der Waals surface area contributed by atoms with Gasteiger partial charge in [0.1, 0.15) is 0 Å². The average molecular weight is 515 g/mol. The number of hydrogen-bond acceptors (Lipinski definition) is 1. The third-order valence-electron chi connectivity index (χ3n) is 2.92. The lowest BCUT2D eigenvalue weighted by atomic mass is 9.99. The monoisotopic (exact) mass is 513 g/mol. The largest absolute Gasteiger partial charge is 0.320 e. The number of benzene rings is 2. The Balaban J connectivity index is 2.46. The SMILES string of the molecule is Cc1cc(Br)c(C(N)c2ccc(I)c(Cl)c2)cc1Br. The number of nitrogens with two attached hydrogens (primary N) is 1. The molecular formula is C14H11Br2ClIN. The van der Waals surface area contributed by atoms with E-state index in [1.165, 1.54) is 5.56 Å². The molecule has 0 saturated heterocycles. The molecule has 2 aromatic carbocycles. The van der Waals surface area contributed by atoms with Gasteiger partial charge in [0.25, 0.3) is 0 Å². The number of hydrogen-bond donors (Lipinski definition) is 1. The summed E-state index contributed by atoms with van der Waals surface area (Å²) < 4.78 is 3.09. The lowest BCUT2D eigenvalue weighted by Gasteiger charge is -2.16. The first-order valence-corrected chi connectivity index (χ1v) is 8.60. The van der Waals surface area contributed by atoms with Crippen molar-refractivity contribution in [1.82, 2.24) is 0 Å². The normalized spacial score (nSPS) is 12.5. The summed E-state index contributed by atoms with van der Waals surface area (Å²) in [5.41, 5.74) is 9.55. The molecule has 0 spiro atoms. The van der Waals surface area contributed by atoms with Crippen LogP contribution in [0.3, 0.4) is 0 Å². The molecule has 1 unspecified atom stereocenters. The van der Waals surface area contributed by atoms with Gasteiger partial charge in [-0.2, -0.15) is 0 Å². The number of aryl methyl sites for hydroxylation is 1. The Kier molecular flexibility index (Phi) is 5.34. The van der Waals surface area contributed by atoms with Crippen LogP contribution in [0.15, 0.2) is 39.3 Å². The van der Waals surface area contributed by atoms with Gasteiger partial charge >= 0.3 is 0 Å². The molecule has 0 aliphatic heterocycles. The van der Waals surface area contributed by atoms with Crippen LogP contribution in [0.25, 0.3) is 0 Å². The molecular weight excluding hydrogens is 504 g/mol. The van der Waals surface area contributed by atoms with Crippen molar-refractivity contribution in [1.29, 1.82) is 0 Å². The van der Waals surface area contributed by atoms with Gasteiger partial charge in [0, 0.05) is 12.5 Å². The minimum atomic E-state index is -0.208. The fourth-order valence-electron chi connectivity index (χ4n) is 1.79. The highest BCUT2D eigenvalue weighted by atomic mass is 127. The van der Waals surface area contributed by atoms with E-state index in [1.807, 2.05) is 25.1 Å². The van der Waals surface area contributed by atoms with Crippen molar-refractivity contribution in [2.24, 2.45) is 5.73 Å². The highest BCUT2D eigenvalue weighted by Gasteiger charge is 2.15. The first-order valence-electron chi connectivity index (χ1n) is 5.56. The van der Waals surface area contributed by atoms with Crippen molar-refractivity contribution in [2.45, 2.75) is 13.0 Å². The van der Waals surface area contributed by atoms with Gasteiger partial charge in [-0.25, -0.2) is 0 Å². The molecule has 2 N–H and O–H groups in total. The second-order valence-electron chi connectivity index (χ2n) is 4.27. The minimum Gasteiger partial charge on any atom is -0.320 e. The number of halogens is 4. The molecule has 100 valence electrons.